The second-order valence-electron chi connectivity index (χ2n) is 8.09. The number of methoxy groups -OCH3 is 2. The number of fused-ring (bicyclic) bond motifs is 1. The average Bonchev–Trinajstić information content (AvgIpc) is 3.15. The van der Waals surface area contributed by atoms with Crippen molar-refractivity contribution in [2.75, 3.05) is 20.8 Å². The van der Waals surface area contributed by atoms with Gasteiger partial charge in [0, 0.05) is 17.3 Å². The number of carbonyl (C=O) groups excluding carboxylic acids is 1. The van der Waals surface area contributed by atoms with Gasteiger partial charge in [-0.3, -0.25) is 4.79 Å². The molecule has 7 nitrogen and oxygen atoms in total. The zero-order chi connectivity index (χ0) is 24.4. The van der Waals surface area contributed by atoms with Gasteiger partial charge in [0.2, 0.25) is 0 Å². The van der Waals surface area contributed by atoms with Crippen molar-refractivity contribution in [3.8, 4) is 17.2 Å². The number of hydrogen-bond acceptors (Lipinski definition) is 5. The molecule has 34 heavy (non-hydrogen) atoms. The predicted octanol–water partition coefficient (Wildman–Crippen LogP) is 4.99. The largest absolute Gasteiger partial charge is 0.493 e. The molecule has 2 aromatic heterocycles. The number of benzene rings is 2. The van der Waals surface area contributed by atoms with Gasteiger partial charge in [-0.05, 0) is 68.7 Å². The van der Waals surface area contributed by atoms with Crippen LogP contribution in [0.4, 0.5) is 0 Å². The van der Waals surface area contributed by atoms with Crippen molar-refractivity contribution in [3.05, 3.63) is 75.6 Å². The Labute approximate surface area is 203 Å². The molecule has 176 valence electrons. The zero-order valence-corrected chi connectivity index (χ0v) is 20.7. The van der Waals surface area contributed by atoms with Crippen molar-refractivity contribution < 1.29 is 14.3 Å². The maximum Gasteiger partial charge on any atom is 0.252 e. The Hall–Kier alpha value is -3.58. The van der Waals surface area contributed by atoms with E-state index >= 15 is 0 Å². The van der Waals surface area contributed by atoms with E-state index < -0.39 is 0 Å². The number of pyridine rings is 1. The SMILES string of the molecule is COc1ccc(CCNC(=O)c2cc(C)nc3c2c(C)nn3-c2cccc(Cl)c2C)cc1OC. The maximum absolute atomic E-state index is 13.2. The fourth-order valence-electron chi connectivity index (χ4n) is 4.04. The molecule has 8 heteroatoms. The van der Waals surface area contributed by atoms with Gasteiger partial charge >= 0.3 is 0 Å². The summed E-state index contributed by atoms with van der Waals surface area (Å²) in [5, 5.41) is 9.11. The predicted molar refractivity (Wildman–Crippen MR) is 134 cm³/mol. The standard InChI is InChI=1S/C26H27ClN4O3/c1-15-13-19(26(32)28-12-11-18-9-10-22(33-4)23(14-18)34-5)24-17(3)30-31(25(24)29-15)21-8-6-7-20(27)16(21)2/h6-10,13-14H,11-12H2,1-5H3,(H,28,32). The fourth-order valence-corrected chi connectivity index (χ4v) is 4.21. The Kier molecular flexibility index (Phi) is 6.75. The number of nitrogens with one attached hydrogen (secondary N) is 1. The maximum atomic E-state index is 13.2. The summed E-state index contributed by atoms with van der Waals surface area (Å²) in [5.74, 6) is 1.17. The van der Waals surface area contributed by atoms with Gasteiger partial charge in [0.25, 0.3) is 5.91 Å². The summed E-state index contributed by atoms with van der Waals surface area (Å²) < 4.78 is 12.4. The lowest BCUT2D eigenvalue weighted by Crippen LogP contribution is -2.26. The van der Waals surface area contributed by atoms with Crippen LogP contribution in [0.25, 0.3) is 16.7 Å². The highest BCUT2D eigenvalue weighted by Gasteiger charge is 2.20. The summed E-state index contributed by atoms with van der Waals surface area (Å²) in [7, 11) is 3.21. The molecular formula is C26H27ClN4O3. The Morgan fingerprint density at radius 3 is 2.56 bits per heavy atom. The molecule has 0 spiro atoms. The summed E-state index contributed by atoms with van der Waals surface area (Å²) in [4.78, 5) is 17.9. The number of halogens is 1. The number of hydrogen-bond donors (Lipinski definition) is 1. The molecule has 0 bridgehead atoms. The molecule has 0 saturated carbocycles. The van der Waals surface area contributed by atoms with E-state index in [0.717, 1.165) is 33.6 Å². The molecule has 0 aliphatic carbocycles. The van der Waals surface area contributed by atoms with Gasteiger partial charge in [-0.25, -0.2) is 9.67 Å². The third kappa shape index (κ3) is 4.43. The van der Waals surface area contributed by atoms with E-state index in [0.29, 0.717) is 40.7 Å². The third-order valence-corrected chi connectivity index (χ3v) is 6.21. The van der Waals surface area contributed by atoms with E-state index in [-0.39, 0.29) is 5.91 Å². The van der Waals surface area contributed by atoms with Crippen LogP contribution < -0.4 is 14.8 Å². The summed E-state index contributed by atoms with van der Waals surface area (Å²) in [5.41, 5.74) is 5.42. The average molecular weight is 479 g/mol. The van der Waals surface area contributed by atoms with Crippen molar-refractivity contribution in [3.63, 3.8) is 0 Å². The minimum atomic E-state index is -0.165. The van der Waals surface area contributed by atoms with Gasteiger partial charge in [0.15, 0.2) is 17.1 Å². The number of ether oxygens (including phenoxy) is 2. The summed E-state index contributed by atoms with van der Waals surface area (Å²) in [6, 6.07) is 13.2. The second kappa shape index (κ2) is 9.73. The van der Waals surface area contributed by atoms with Crippen LogP contribution in [0.5, 0.6) is 11.5 Å². The highest BCUT2D eigenvalue weighted by atomic mass is 35.5. The first-order chi connectivity index (χ1) is 16.3. The Bertz CT molecular complexity index is 1380. The molecule has 0 aliphatic heterocycles. The minimum absolute atomic E-state index is 0.165. The van der Waals surface area contributed by atoms with Crippen molar-refractivity contribution >= 4 is 28.5 Å². The topological polar surface area (TPSA) is 78.3 Å². The first-order valence-corrected chi connectivity index (χ1v) is 11.3. The van der Waals surface area contributed by atoms with Gasteiger partial charge in [-0.2, -0.15) is 5.10 Å². The highest BCUT2D eigenvalue weighted by molar-refractivity contribution is 6.31. The molecule has 2 aromatic carbocycles. The van der Waals surface area contributed by atoms with E-state index in [1.165, 1.54) is 0 Å². The summed E-state index contributed by atoms with van der Waals surface area (Å²) in [6.45, 7) is 6.17. The van der Waals surface area contributed by atoms with Gasteiger partial charge in [-0.1, -0.05) is 23.7 Å². The first kappa shape index (κ1) is 23.6. The third-order valence-electron chi connectivity index (χ3n) is 5.80. The van der Waals surface area contributed by atoms with Crippen molar-refractivity contribution in [2.45, 2.75) is 27.2 Å². The van der Waals surface area contributed by atoms with Crippen LogP contribution in [0.15, 0.2) is 42.5 Å². The molecule has 4 rings (SSSR count). The van der Waals surface area contributed by atoms with E-state index in [2.05, 4.69) is 5.32 Å². The lowest BCUT2D eigenvalue weighted by molar-refractivity contribution is 0.0955. The monoisotopic (exact) mass is 478 g/mol. The molecule has 1 N–H and O–H groups in total. The molecule has 0 atom stereocenters. The van der Waals surface area contributed by atoms with Crippen molar-refractivity contribution in [1.29, 1.82) is 0 Å². The van der Waals surface area contributed by atoms with Crippen molar-refractivity contribution in [2.24, 2.45) is 0 Å². The zero-order valence-electron chi connectivity index (χ0n) is 19.9. The lowest BCUT2D eigenvalue weighted by Gasteiger charge is -2.11. The number of rotatable bonds is 7. The molecule has 0 radical (unpaired) electrons. The fraction of sp³-hybridized carbons (Fsp3) is 0.269. The minimum Gasteiger partial charge on any atom is -0.493 e. The number of aryl methyl sites for hydroxylation is 2. The van der Waals surface area contributed by atoms with Crippen LogP contribution in [0.2, 0.25) is 5.02 Å². The van der Waals surface area contributed by atoms with Crippen LogP contribution in [0, 0.1) is 20.8 Å². The normalized spacial score (nSPS) is 11.0. The molecule has 0 fully saturated rings. The Morgan fingerprint density at radius 1 is 1.06 bits per heavy atom. The van der Waals surface area contributed by atoms with Crippen LogP contribution in [-0.2, 0) is 6.42 Å². The first-order valence-electron chi connectivity index (χ1n) is 11.0. The highest BCUT2D eigenvalue weighted by Crippen LogP contribution is 2.29. The van der Waals surface area contributed by atoms with Gasteiger partial charge < -0.3 is 14.8 Å². The molecule has 0 aliphatic rings. The number of carbonyl (C=O) groups is 1. The molecule has 2 heterocycles. The van der Waals surface area contributed by atoms with Crippen LogP contribution in [0.3, 0.4) is 0 Å². The number of nitrogens with zero attached hydrogens (tertiary/aromatic N) is 3. The van der Waals surface area contributed by atoms with Gasteiger partial charge in [0.05, 0.1) is 36.6 Å². The van der Waals surface area contributed by atoms with E-state index in [9.17, 15) is 4.79 Å². The molecule has 0 saturated heterocycles. The van der Waals surface area contributed by atoms with E-state index in [4.69, 9.17) is 31.2 Å². The molecular weight excluding hydrogens is 452 g/mol. The Morgan fingerprint density at radius 2 is 1.82 bits per heavy atom. The van der Waals surface area contributed by atoms with Crippen LogP contribution in [0.1, 0.15) is 32.9 Å². The quantitative estimate of drug-likeness (QED) is 0.405. The molecule has 0 unspecified atom stereocenters. The van der Waals surface area contributed by atoms with E-state index in [1.54, 1.807) is 25.0 Å². The van der Waals surface area contributed by atoms with Crippen molar-refractivity contribution in [1.82, 2.24) is 20.1 Å². The molecule has 4 aromatic rings. The van der Waals surface area contributed by atoms with Gasteiger partial charge in [0.1, 0.15) is 0 Å². The van der Waals surface area contributed by atoms with Crippen LogP contribution in [-0.4, -0.2) is 41.4 Å². The lowest BCUT2D eigenvalue weighted by atomic mass is 10.1. The Balaban J connectivity index is 1.61. The number of aromatic nitrogens is 3. The second-order valence-corrected chi connectivity index (χ2v) is 8.49. The number of amides is 1. The molecule has 1 amide bonds. The van der Waals surface area contributed by atoms with Crippen LogP contribution >= 0.6 is 11.6 Å². The van der Waals surface area contributed by atoms with E-state index in [1.807, 2.05) is 57.2 Å². The summed E-state index contributed by atoms with van der Waals surface area (Å²) in [6.07, 6.45) is 0.652. The smallest absolute Gasteiger partial charge is 0.252 e. The van der Waals surface area contributed by atoms with Gasteiger partial charge in [-0.15, -0.1) is 0 Å². The summed E-state index contributed by atoms with van der Waals surface area (Å²) >= 11 is 6.34.